The first-order valence-electron chi connectivity index (χ1n) is 8.37. The lowest BCUT2D eigenvalue weighted by molar-refractivity contribution is -0.137. The highest BCUT2D eigenvalue weighted by Crippen LogP contribution is 2.38. The van der Waals surface area contributed by atoms with Crippen molar-refractivity contribution in [3.63, 3.8) is 0 Å². The van der Waals surface area contributed by atoms with Crippen LogP contribution >= 0.6 is 0 Å². The van der Waals surface area contributed by atoms with Gasteiger partial charge in [-0.1, -0.05) is 12.1 Å². The summed E-state index contributed by atoms with van der Waals surface area (Å²) in [4.78, 5) is 1.94. The van der Waals surface area contributed by atoms with Crippen LogP contribution in [0.2, 0.25) is 0 Å². The van der Waals surface area contributed by atoms with Crippen molar-refractivity contribution in [1.82, 2.24) is 0 Å². The Hall–Kier alpha value is -2.55. The smallest absolute Gasteiger partial charge is 0.365 e. The van der Waals surface area contributed by atoms with Crippen LogP contribution < -0.4 is 4.90 Å². The Morgan fingerprint density at radius 3 is 2.19 bits per heavy atom. The van der Waals surface area contributed by atoms with Crippen molar-refractivity contribution in [2.75, 3.05) is 11.4 Å². The molecule has 0 aliphatic carbocycles. The Labute approximate surface area is 149 Å². The first-order valence-corrected chi connectivity index (χ1v) is 8.37. The highest BCUT2D eigenvalue weighted by Gasteiger charge is 2.37. The summed E-state index contributed by atoms with van der Waals surface area (Å²) in [5.41, 5.74) is 1.43. The number of nitrogens with zero attached hydrogens (tertiary/aromatic N) is 2. The Bertz CT molecular complexity index is 789. The first kappa shape index (κ1) is 18.2. The highest BCUT2D eigenvalue weighted by molar-refractivity contribution is 5.52. The number of alkyl halides is 4. The number of rotatable bonds is 3. The summed E-state index contributed by atoms with van der Waals surface area (Å²) < 4.78 is 52.3. The third kappa shape index (κ3) is 3.67. The van der Waals surface area contributed by atoms with Crippen LogP contribution in [0.3, 0.4) is 0 Å². The molecule has 2 aromatic carbocycles. The molecule has 3 rings (SSSR count). The van der Waals surface area contributed by atoms with Gasteiger partial charge in [0.15, 0.2) is 0 Å². The summed E-state index contributed by atoms with van der Waals surface area (Å²) >= 11 is 0. The number of benzene rings is 2. The van der Waals surface area contributed by atoms with Crippen molar-refractivity contribution >= 4 is 5.69 Å². The van der Waals surface area contributed by atoms with Crippen molar-refractivity contribution in [3.05, 3.63) is 65.2 Å². The van der Waals surface area contributed by atoms with Crippen molar-refractivity contribution in [1.29, 1.82) is 5.26 Å². The van der Waals surface area contributed by atoms with Crippen molar-refractivity contribution in [2.45, 2.75) is 37.7 Å². The van der Waals surface area contributed by atoms with Crippen molar-refractivity contribution in [3.8, 4) is 6.07 Å². The van der Waals surface area contributed by atoms with E-state index in [1.807, 2.05) is 11.0 Å². The first-order chi connectivity index (χ1) is 12.3. The lowest BCUT2D eigenvalue weighted by Crippen LogP contribution is -2.35. The molecule has 0 radical (unpaired) electrons. The molecule has 26 heavy (non-hydrogen) atoms. The molecule has 2 nitrogen and oxygen atoms in total. The third-order valence-corrected chi connectivity index (χ3v) is 4.91. The molecule has 0 amide bonds. The number of anilines is 1. The fourth-order valence-electron chi connectivity index (χ4n) is 3.51. The van der Waals surface area contributed by atoms with Crippen molar-refractivity contribution in [2.24, 2.45) is 0 Å². The second kappa shape index (κ2) is 6.99. The van der Waals surface area contributed by atoms with Gasteiger partial charge in [-0.3, -0.25) is 0 Å². The average Bonchev–Trinajstić information content (AvgIpc) is 3.07. The fraction of sp³-hybridized carbons (Fsp3) is 0.350. The van der Waals surface area contributed by atoms with Gasteiger partial charge in [0.2, 0.25) is 0 Å². The van der Waals surface area contributed by atoms with Crippen LogP contribution in [0.15, 0.2) is 48.5 Å². The molecular formula is C20H18F4N2. The minimum Gasteiger partial charge on any atom is -0.365 e. The van der Waals surface area contributed by atoms with Gasteiger partial charge in [-0.15, -0.1) is 0 Å². The minimum absolute atomic E-state index is 0.0453. The zero-order valence-electron chi connectivity index (χ0n) is 14.2. The Kier molecular flexibility index (Phi) is 4.90. The van der Waals surface area contributed by atoms with Crippen LogP contribution in [-0.4, -0.2) is 18.8 Å². The normalized spacial score (nSPS) is 21.5. The Morgan fingerprint density at radius 2 is 1.69 bits per heavy atom. The van der Waals surface area contributed by atoms with Gasteiger partial charge < -0.3 is 4.90 Å². The van der Waals surface area contributed by atoms with Crippen molar-refractivity contribution < 1.29 is 17.6 Å². The average molecular weight is 362 g/mol. The molecule has 2 unspecified atom stereocenters. The second-order valence-corrected chi connectivity index (χ2v) is 6.61. The molecule has 1 saturated heterocycles. The summed E-state index contributed by atoms with van der Waals surface area (Å²) in [5, 5.41) is 8.90. The summed E-state index contributed by atoms with van der Waals surface area (Å²) in [7, 11) is 0. The molecule has 1 fully saturated rings. The molecule has 136 valence electrons. The molecule has 0 spiro atoms. The van der Waals surface area contributed by atoms with E-state index in [9.17, 15) is 17.6 Å². The molecule has 1 heterocycles. The lowest BCUT2D eigenvalue weighted by atomic mass is 9.94. The topological polar surface area (TPSA) is 27.0 Å². The monoisotopic (exact) mass is 362 g/mol. The predicted molar refractivity (Wildman–Crippen MR) is 91.7 cm³/mol. The van der Waals surface area contributed by atoms with Gasteiger partial charge in [-0.25, -0.2) is 4.39 Å². The van der Waals surface area contributed by atoms with Gasteiger partial charge in [0.05, 0.1) is 23.2 Å². The minimum atomic E-state index is -4.36. The van der Waals surface area contributed by atoms with E-state index < -0.39 is 17.9 Å². The number of nitriles is 1. The number of halogens is 4. The van der Waals surface area contributed by atoms with Gasteiger partial charge in [0.25, 0.3) is 0 Å². The largest absolute Gasteiger partial charge is 0.416 e. The maximum Gasteiger partial charge on any atom is 0.416 e. The summed E-state index contributed by atoms with van der Waals surface area (Å²) in [5.74, 6) is -0.0453. The van der Waals surface area contributed by atoms with Gasteiger partial charge in [0.1, 0.15) is 6.17 Å². The molecule has 0 N–H and O–H groups in total. The van der Waals surface area contributed by atoms with Gasteiger partial charge in [-0.2, -0.15) is 18.4 Å². The molecular weight excluding hydrogens is 344 g/mol. The fourth-order valence-corrected chi connectivity index (χ4v) is 3.51. The SMILES string of the molecule is CC(F)[C@@H]1CC(c2ccc(C(F)(F)F)cc2)CN1c1ccc(C#N)cc1. The molecule has 0 saturated carbocycles. The van der Waals surface area contributed by atoms with E-state index >= 15 is 0 Å². The summed E-state index contributed by atoms with van der Waals surface area (Å²) in [6, 6.07) is 13.7. The zero-order chi connectivity index (χ0) is 18.9. The molecule has 0 aromatic heterocycles. The van der Waals surface area contributed by atoms with E-state index in [1.165, 1.54) is 19.1 Å². The second-order valence-electron chi connectivity index (χ2n) is 6.61. The van der Waals surface area contributed by atoms with Crippen LogP contribution in [-0.2, 0) is 6.18 Å². The molecule has 1 aliphatic heterocycles. The van der Waals surface area contributed by atoms with Crippen LogP contribution in [0.25, 0.3) is 0 Å². The Balaban J connectivity index is 1.83. The molecule has 1 aliphatic rings. The van der Waals surface area contributed by atoms with E-state index in [0.29, 0.717) is 18.5 Å². The molecule has 3 atom stereocenters. The molecule has 0 bridgehead atoms. The van der Waals surface area contributed by atoms with E-state index in [2.05, 4.69) is 0 Å². The van der Waals surface area contributed by atoms with E-state index in [-0.39, 0.29) is 12.0 Å². The van der Waals surface area contributed by atoms with E-state index in [0.717, 1.165) is 23.4 Å². The van der Waals surface area contributed by atoms with Gasteiger partial charge in [0, 0.05) is 18.2 Å². The van der Waals surface area contributed by atoms with Crippen LogP contribution in [0.1, 0.15) is 36.0 Å². The highest BCUT2D eigenvalue weighted by atomic mass is 19.4. The zero-order valence-corrected chi connectivity index (χ0v) is 14.2. The number of hydrogen-bond acceptors (Lipinski definition) is 2. The van der Waals surface area contributed by atoms with Crippen LogP contribution in [0.4, 0.5) is 23.2 Å². The van der Waals surface area contributed by atoms with E-state index in [4.69, 9.17) is 5.26 Å². The standard InChI is InChI=1S/C20H18F4N2/c1-13(21)19-10-16(15-4-6-17(7-5-15)20(22,23)24)12-26(19)18-8-2-14(11-25)3-9-18/h2-9,13,16,19H,10,12H2,1H3/t13?,16?,19-/m0/s1. The predicted octanol–water partition coefficient (Wildman–Crippen LogP) is 5.30. The molecule has 6 heteroatoms. The van der Waals surface area contributed by atoms with Gasteiger partial charge >= 0.3 is 6.18 Å². The third-order valence-electron chi connectivity index (χ3n) is 4.91. The molecule has 2 aromatic rings. The maximum atomic E-state index is 14.2. The maximum absolute atomic E-state index is 14.2. The summed E-state index contributed by atoms with van der Waals surface area (Å²) in [6.45, 7) is 2.02. The van der Waals surface area contributed by atoms with Crippen LogP contribution in [0, 0.1) is 11.3 Å². The lowest BCUT2D eigenvalue weighted by Gasteiger charge is -2.27. The van der Waals surface area contributed by atoms with Crippen LogP contribution in [0.5, 0.6) is 0 Å². The quantitative estimate of drug-likeness (QED) is 0.693. The number of hydrogen-bond donors (Lipinski definition) is 0. The summed E-state index contributed by atoms with van der Waals surface area (Å²) in [6.07, 6.45) is -4.91. The van der Waals surface area contributed by atoms with E-state index in [1.54, 1.807) is 24.3 Å². The van der Waals surface area contributed by atoms with Gasteiger partial charge in [-0.05, 0) is 55.3 Å². The Morgan fingerprint density at radius 1 is 1.08 bits per heavy atom.